The van der Waals surface area contributed by atoms with E-state index in [4.69, 9.17) is 16.3 Å². The minimum Gasteiger partial charge on any atom is -0.490 e. The molecule has 0 unspecified atom stereocenters. The summed E-state index contributed by atoms with van der Waals surface area (Å²) in [6, 6.07) is 6.96. The van der Waals surface area contributed by atoms with Crippen LogP contribution in [0.2, 0.25) is 5.15 Å². The Hall–Kier alpha value is -2.74. The number of carbonyl (C=O) groups excluding carboxylic acids is 1. The van der Waals surface area contributed by atoms with Crippen LogP contribution in [-0.4, -0.2) is 28.1 Å². The van der Waals surface area contributed by atoms with E-state index in [0.29, 0.717) is 0 Å². The van der Waals surface area contributed by atoms with Gasteiger partial charge >= 0.3 is 5.69 Å². The van der Waals surface area contributed by atoms with Crippen molar-refractivity contribution in [3.05, 3.63) is 51.2 Å². The lowest BCUT2D eigenvalue weighted by Crippen LogP contribution is -2.15. The molecular formula is C12H9ClN4O4. The van der Waals surface area contributed by atoms with Gasteiger partial charge in [-0.3, -0.25) is 14.9 Å². The second-order valence-electron chi connectivity index (χ2n) is 3.81. The number of benzene rings is 1. The molecule has 1 N–H and O–H groups in total. The largest absolute Gasteiger partial charge is 0.490 e. The maximum absolute atomic E-state index is 12.1. The summed E-state index contributed by atoms with van der Waals surface area (Å²) in [4.78, 5) is 22.4. The van der Waals surface area contributed by atoms with Gasteiger partial charge < -0.3 is 10.1 Å². The molecule has 1 amide bonds. The van der Waals surface area contributed by atoms with Gasteiger partial charge in [-0.15, -0.1) is 10.2 Å². The first kappa shape index (κ1) is 14.7. The van der Waals surface area contributed by atoms with E-state index < -0.39 is 10.8 Å². The second-order valence-corrected chi connectivity index (χ2v) is 4.20. The van der Waals surface area contributed by atoms with Crippen molar-refractivity contribution in [1.29, 1.82) is 0 Å². The number of para-hydroxylation sites is 1. The maximum atomic E-state index is 12.1. The Morgan fingerprint density at radius 1 is 1.33 bits per heavy atom. The van der Waals surface area contributed by atoms with Crippen LogP contribution in [0.15, 0.2) is 30.3 Å². The predicted octanol–water partition coefficient (Wildman–Crippen LogP) is 2.30. The van der Waals surface area contributed by atoms with Gasteiger partial charge in [0.2, 0.25) is 5.75 Å². The fourth-order valence-corrected chi connectivity index (χ4v) is 1.73. The Morgan fingerprint density at radius 2 is 2.10 bits per heavy atom. The first-order valence-electron chi connectivity index (χ1n) is 5.65. The summed E-state index contributed by atoms with van der Waals surface area (Å²) in [5.41, 5.74) is -0.282. The number of ether oxygens (including phenoxy) is 1. The topological polar surface area (TPSA) is 107 Å². The normalized spacial score (nSPS) is 10.0. The molecule has 21 heavy (non-hydrogen) atoms. The molecule has 0 aliphatic heterocycles. The molecule has 9 heteroatoms. The average Bonchev–Trinajstić information content (AvgIpc) is 2.48. The molecule has 0 saturated carbocycles. The summed E-state index contributed by atoms with van der Waals surface area (Å²) in [6.45, 7) is 0. The standard InChI is InChI=1S/C12H9ClN4O4/c1-21-11-7(3-2-4-8(11)17(19)20)12(18)14-10-6-5-9(13)15-16-10/h2-6H,1H3,(H,14,16,18). The molecule has 1 aromatic carbocycles. The van der Waals surface area contributed by atoms with E-state index in [0.717, 1.165) is 0 Å². The van der Waals surface area contributed by atoms with Crippen molar-refractivity contribution in [3.63, 3.8) is 0 Å². The highest BCUT2D eigenvalue weighted by atomic mass is 35.5. The van der Waals surface area contributed by atoms with E-state index in [1.54, 1.807) is 0 Å². The first-order chi connectivity index (χ1) is 10.0. The van der Waals surface area contributed by atoms with Gasteiger partial charge in [-0.25, -0.2) is 0 Å². The number of rotatable bonds is 4. The summed E-state index contributed by atoms with van der Waals surface area (Å²) < 4.78 is 4.96. The number of hydrogen-bond donors (Lipinski definition) is 1. The van der Waals surface area contributed by atoms with Gasteiger partial charge in [0.15, 0.2) is 11.0 Å². The van der Waals surface area contributed by atoms with E-state index in [1.165, 1.54) is 37.4 Å². The number of aromatic nitrogens is 2. The van der Waals surface area contributed by atoms with E-state index >= 15 is 0 Å². The van der Waals surface area contributed by atoms with Crippen LogP contribution in [-0.2, 0) is 0 Å². The molecule has 0 aliphatic rings. The summed E-state index contributed by atoms with van der Waals surface area (Å²) in [7, 11) is 1.25. The van der Waals surface area contributed by atoms with Gasteiger partial charge in [0, 0.05) is 6.07 Å². The summed E-state index contributed by atoms with van der Waals surface area (Å²) in [6.07, 6.45) is 0. The Morgan fingerprint density at radius 3 is 2.67 bits per heavy atom. The van der Waals surface area contributed by atoms with E-state index in [9.17, 15) is 14.9 Å². The number of nitro groups is 1. The van der Waals surface area contributed by atoms with E-state index in [-0.39, 0.29) is 28.0 Å². The van der Waals surface area contributed by atoms with E-state index in [2.05, 4.69) is 15.5 Å². The average molecular weight is 309 g/mol. The van der Waals surface area contributed by atoms with Gasteiger partial charge in [0.1, 0.15) is 0 Å². The van der Waals surface area contributed by atoms with Crippen LogP contribution < -0.4 is 10.1 Å². The molecule has 0 spiro atoms. The quantitative estimate of drug-likeness (QED) is 0.686. The number of nitro benzene ring substituents is 1. The molecule has 108 valence electrons. The van der Waals surface area contributed by atoms with Crippen LogP contribution in [0.25, 0.3) is 0 Å². The molecule has 0 atom stereocenters. The summed E-state index contributed by atoms with van der Waals surface area (Å²) in [5.74, 6) is -0.563. The smallest absolute Gasteiger partial charge is 0.311 e. The second kappa shape index (κ2) is 6.14. The monoisotopic (exact) mass is 308 g/mol. The van der Waals surface area contributed by atoms with Crippen molar-refractivity contribution in [2.75, 3.05) is 12.4 Å². The SMILES string of the molecule is COc1c(C(=O)Nc2ccc(Cl)nn2)cccc1[N+](=O)[O-]. The Balaban J connectivity index is 2.33. The first-order valence-corrected chi connectivity index (χ1v) is 6.02. The third-order valence-electron chi connectivity index (χ3n) is 2.51. The van der Waals surface area contributed by atoms with Gasteiger partial charge in [0.05, 0.1) is 17.6 Å². The lowest BCUT2D eigenvalue weighted by atomic mass is 10.1. The zero-order chi connectivity index (χ0) is 15.4. The highest BCUT2D eigenvalue weighted by Crippen LogP contribution is 2.30. The van der Waals surface area contributed by atoms with Crippen LogP contribution in [0, 0.1) is 10.1 Å². The van der Waals surface area contributed by atoms with Crippen molar-refractivity contribution in [1.82, 2.24) is 10.2 Å². The van der Waals surface area contributed by atoms with Crippen LogP contribution in [0.5, 0.6) is 5.75 Å². The maximum Gasteiger partial charge on any atom is 0.311 e. The fraction of sp³-hybridized carbons (Fsp3) is 0.0833. The van der Waals surface area contributed by atoms with E-state index in [1.807, 2.05) is 0 Å². The Kier molecular flexibility index (Phi) is 4.29. The zero-order valence-electron chi connectivity index (χ0n) is 10.7. The summed E-state index contributed by atoms with van der Waals surface area (Å²) >= 11 is 5.59. The number of amides is 1. The lowest BCUT2D eigenvalue weighted by Gasteiger charge is -2.08. The van der Waals surface area contributed by atoms with Crippen molar-refractivity contribution in [2.24, 2.45) is 0 Å². The van der Waals surface area contributed by atoms with Crippen molar-refractivity contribution >= 4 is 29.0 Å². The minimum atomic E-state index is -0.627. The molecular weight excluding hydrogens is 300 g/mol. The van der Waals surface area contributed by atoms with Crippen molar-refractivity contribution in [2.45, 2.75) is 0 Å². The van der Waals surface area contributed by atoms with Gasteiger partial charge in [-0.05, 0) is 18.2 Å². The highest BCUT2D eigenvalue weighted by molar-refractivity contribution is 6.29. The number of carbonyl (C=O) groups is 1. The van der Waals surface area contributed by atoms with Gasteiger partial charge in [0.25, 0.3) is 5.91 Å². The molecule has 2 aromatic rings. The Labute approximate surface area is 123 Å². The van der Waals surface area contributed by atoms with Crippen LogP contribution in [0.3, 0.4) is 0 Å². The molecule has 0 bridgehead atoms. The van der Waals surface area contributed by atoms with Crippen LogP contribution in [0.4, 0.5) is 11.5 Å². The number of methoxy groups -OCH3 is 1. The molecule has 2 rings (SSSR count). The predicted molar refractivity (Wildman–Crippen MR) is 74.6 cm³/mol. The molecule has 8 nitrogen and oxygen atoms in total. The zero-order valence-corrected chi connectivity index (χ0v) is 11.5. The third-order valence-corrected chi connectivity index (χ3v) is 2.71. The summed E-state index contributed by atoms with van der Waals surface area (Å²) in [5, 5.41) is 20.8. The van der Waals surface area contributed by atoms with Gasteiger partial charge in [-0.2, -0.15) is 0 Å². The number of hydrogen-bond acceptors (Lipinski definition) is 6. The number of halogens is 1. The minimum absolute atomic E-state index is 0.0171. The van der Waals surface area contributed by atoms with Crippen LogP contribution in [0.1, 0.15) is 10.4 Å². The molecule has 0 fully saturated rings. The van der Waals surface area contributed by atoms with Crippen molar-refractivity contribution in [3.8, 4) is 5.75 Å². The molecule has 1 aromatic heterocycles. The number of nitrogens with zero attached hydrogens (tertiary/aromatic N) is 3. The molecule has 0 radical (unpaired) electrons. The van der Waals surface area contributed by atoms with Crippen molar-refractivity contribution < 1.29 is 14.5 Å². The molecule has 0 aliphatic carbocycles. The number of nitrogens with one attached hydrogen (secondary N) is 1. The van der Waals surface area contributed by atoms with Crippen LogP contribution >= 0.6 is 11.6 Å². The third kappa shape index (κ3) is 3.23. The number of anilines is 1. The highest BCUT2D eigenvalue weighted by Gasteiger charge is 2.22. The van der Waals surface area contributed by atoms with Gasteiger partial charge in [-0.1, -0.05) is 17.7 Å². The fourth-order valence-electron chi connectivity index (χ4n) is 1.63. The lowest BCUT2D eigenvalue weighted by molar-refractivity contribution is -0.385. The Bertz CT molecular complexity index is 690. The molecule has 0 saturated heterocycles. The molecule has 1 heterocycles.